The number of pyridine rings is 1. The van der Waals surface area contributed by atoms with Gasteiger partial charge in [-0.1, -0.05) is 0 Å². The van der Waals surface area contributed by atoms with Gasteiger partial charge >= 0.3 is 0 Å². The maximum Gasteiger partial charge on any atom is 0.281 e. The summed E-state index contributed by atoms with van der Waals surface area (Å²) >= 11 is 1.62. The van der Waals surface area contributed by atoms with Crippen LogP contribution in [-0.2, 0) is 10.0 Å². The molecule has 3 aromatic rings. The summed E-state index contributed by atoms with van der Waals surface area (Å²) in [6.45, 7) is 0. The third-order valence-corrected chi connectivity index (χ3v) is 5.24. The number of rotatable bonds is 4. The number of benzene rings is 1. The summed E-state index contributed by atoms with van der Waals surface area (Å²) in [4.78, 5) is 3.96. The first kappa shape index (κ1) is 13.8. The van der Waals surface area contributed by atoms with Crippen molar-refractivity contribution in [3.63, 3.8) is 0 Å². The number of thiophene rings is 1. The minimum Gasteiger partial charge on any atom is -0.386 e. The molecule has 0 saturated carbocycles. The summed E-state index contributed by atoms with van der Waals surface area (Å²) in [6.07, 6.45) is 1.46. The van der Waals surface area contributed by atoms with Gasteiger partial charge in [0.2, 0.25) is 0 Å². The fourth-order valence-electron chi connectivity index (χ4n) is 2.03. The molecule has 2 aromatic heterocycles. The van der Waals surface area contributed by atoms with E-state index in [0.717, 1.165) is 10.1 Å². The zero-order valence-corrected chi connectivity index (χ0v) is 12.8. The minimum atomic E-state index is -3.73. The molecule has 1 aromatic carbocycles. The molecule has 0 fully saturated rings. The van der Waals surface area contributed by atoms with E-state index in [-0.39, 0.29) is 5.03 Å². The number of fused-ring (bicyclic) bond motifs is 1. The highest BCUT2D eigenvalue weighted by atomic mass is 32.2. The fourth-order valence-corrected chi connectivity index (χ4v) is 3.99. The van der Waals surface area contributed by atoms with E-state index in [1.54, 1.807) is 36.6 Å². The van der Waals surface area contributed by atoms with Crippen molar-refractivity contribution in [3.05, 3.63) is 48.0 Å². The molecular formula is C14H13N3O2S2. The Morgan fingerprint density at radius 1 is 1.19 bits per heavy atom. The zero-order valence-electron chi connectivity index (χ0n) is 11.2. The van der Waals surface area contributed by atoms with Gasteiger partial charge in [0.1, 0.15) is 0 Å². The molecule has 0 atom stereocenters. The van der Waals surface area contributed by atoms with Crippen molar-refractivity contribution in [3.8, 4) is 0 Å². The summed E-state index contributed by atoms with van der Waals surface area (Å²) in [5, 5.41) is 5.80. The zero-order chi connectivity index (χ0) is 14.9. The third kappa shape index (κ3) is 2.70. The van der Waals surface area contributed by atoms with Crippen LogP contribution in [0.1, 0.15) is 0 Å². The molecule has 21 heavy (non-hydrogen) atoms. The second kappa shape index (κ2) is 5.34. The predicted molar refractivity (Wildman–Crippen MR) is 86.4 cm³/mol. The molecule has 108 valence electrons. The Labute approximate surface area is 126 Å². The molecule has 0 bridgehead atoms. The molecule has 0 aliphatic rings. The third-order valence-electron chi connectivity index (χ3n) is 3.00. The molecule has 2 heterocycles. The Balaban J connectivity index is 1.98. The van der Waals surface area contributed by atoms with Crippen LogP contribution in [0.25, 0.3) is 10.1 Å². The second-order valence-corrected chi connectivity index (χ2v) is 6.93. The Hall–Kier alpha value is -2.12. The van der Waals surface area contributed by atoms with Crippen molar-refractivity contribution in [2.45, 2.75) is 5.03 Å². The van der Waals surface area contributed by atoms with Crippen molar-refractivity contribution in [2.24, 2.45) is 0 Å². The largest absolute Gasteiger partial charge is 0.386 e. The molecular weight excluding hydrogens is 306 g/mol. The van der Waals surface area contributed by atoms with E-state index in [2.05, 4.69) is 15.0 Å². The van der Waals surface area contributed by atoms with Crippen LogP contribution in [-0.4, -0.2) is 20.4 Å². The van der Waals surface area contributed by atoms with Crippen LogP contribution in [0.4, 0.5) is 11.4 Å². The smallest absolute Gasteiger partial charge is 0.281 e. The quantitative estimate of drug-likeness (QED) is 0.775. The Kier molecular flexibility index (Phi) is 3.52. The molecule has 3 rings (SSSR count). The lowest BCUT2D eigenvalue weighted by molar-refractivity contribution is 0.598. The van der Waals surface area contributed by atoms with Crippen LogP contribution in [0.2, 0.25) is 0 Å². The molecule has 0 aliphatic carbocycles. The average Bonchev–Trinajstić information content (AvgIpc) is 2.94. The van der Waals surface area contributed by atoms with Crippen LogP contribution in [0.5, 0.6) is 0 Å². The van der Waals surface area contributed by atoms with Crippen molar-refractivity contribution < 1.29 is 8.42 Å². The van der Waals surface area contributed by atoms with Crippen LogP contribution in [0, 0.1) is 0 Å². The van der Waals surface area contributed by atoms with Crippen LogP contribution in [0.3, 0.4) is 0 Å². The highest BCUT2D eigenvalue weighted by Crippen LogP contribution is 2.26. The number of anilines is 2. The molecule has 7 heteroatoms. The Morgan fingerprint density at radius 2 is 2.05 bits per heavy atom. The van der Waals surface area contributed by atoms with Gasteiger partial charge in [0, 0.05) is 23.6 Å². The van der Waals surface area contributed by atoms with Gasteiger partial charge in [0.25, 0.3) is 10.0 Å². The maximum absolute atomic E-state index is 12.4. The lowest BCUT2D eigenvalue weighted by Crippen LogP contribution is -2.16. The van der Waals surface area contributed by atoms with Gasteiger partial charge in [0.15, 0.2) is 5.03 Å². The first-order chi connectivity index (χ1) is 10.1. The number of aromatic nitrogens is 1. The summed E-state index contributed by atoms with van der Waals surface area (Å²) < 4.78 is 28.6. The SMILES string of the molecule is CNc1cccnc1S(=O)(=O)Nc1ccc2sccc2c1. The van der Waals surface area contributed by atoms with E-state index in [9.17, 15) is 8.42 Å². The number of sulfonamides is 1. The minimum absolute atomic E-state index is 0.0158. The van der Waals surface area contributed by atoms with Gasteiger partial charge in [-0.2, -0.15) is 8.42 Å². The summed E-state index contributed by atoms with van der Waals surface area (Å²) in [7, 11) is -2.07. The molecule has 0 amide bonds. The maximum atomic E-state index is 12.4. The standard InChI is InChI=1S/C14H13N3O2S2/c1-15-12-3-2-7-16-14(12)21(18,19)17-11-4-5-13-10(9-11)6-8-20-13/h2-9,15,17H,1H3. The second-order valence-electron chi connectivity index (χ2n) is 4.38. The molecule has 0 radical (unpaired) electrons. The molecule has 0 saturated heterocycles. The number of nitrogens with zero attached hydrogens (tertiary/aromatic N) is 1. The van der Waals surface area contributed by atoms with Crippen molar-refractivity contribution >= 4 is 42.8 Å². The van der Waals surface area contributed by atoms with E-state index in [4.69, 9.17) is 0 Å². The first-order valence-electron chi connectivity index (χ1n) is 6.23. The van der Waals surface area contributed by atoms with Crippen molar-refractivity contribution in [1.82, 2.24) is 4.98 Å². The highest BCUT2D eigenvalue weighted by Gasteiger charge is 2.19. The lowest BCUT2D eigenvalue weighted by Gasteiger charge is -2.10. The number of nitrogens with one attached hydrogen (secondary N) is 2. The summed E-state index contributed by atoms with van der Waals surface area (Å²) in [6, 6.07) is 10.8. The van der Waals surface area contributed by atoms with Crippen LogP contribution < -0.4 is 10.0 Å². The predicted octanol–water partition coefficient (Wildman–Crippen LogP) is 3.14. The lowest BCUT2D eigenvalue weighted by atomic mass is 10.2. The van der Waals surface area contributed by atoms with E-state index in [1.165, 1.54) is 6.20 Å². The topological polar surface area (TPSA) is 71.1 Å². The van der Waals surface area contributed by atoms with E-state index < -0.39 is 10.0 Å². The fraction of sp³-hybridized carbons (Fsp3) is 0.0714. The highest BCUT2D eigenvalue weighted by molar-refractivity contribution is 7.92. The van der Waals surface area contributed by atoms with Crippen LogP contribution in [0.15, 0.2) is 53.0 Å². The molecule has 2 N–H and O–H groups in total. The molecule has 0 spiro atoms. The monoisotopic (exact) mass is 319 g/mol. The van der Waals surface area contributed by atoms with Crippen molar-refractivity contribution in [2.75, 3.05) is 17.1 Å². The summed E-state index contributed by atoms with van der Waals surface area (Å²) in [5.74, 6) is 0. The molecule has 0 unspecified atom stereocenters. The number of hydrogen-bond donors (Lipinski definition) is 2. The van der Waals surface area contributed by atoms with Gasteiger partial charge < -0.3 is 5.32 Å². The molecule has 5 nitrogen and oxygen atoms in total. The van der Waals surface area contributed by atoms with Gasteiger partial charge in [-0.3, -0.25) is 4.72 Å². The summed E-state index contributed by atoms with van der Waals surface area (Å²) in [5.41, 5.74) is 0.982. The Morgan fingerprint density at radius 3 is 2.86 bits per heavy atom. The first-order valence-corrected chi connectivity index (χ1v) is 8.59. The normalized spacial score (nSPS) is 11.5. The molecule has 0 aliphatic heterocycles. The van der Waals surface area contributed by atoms with E-state index in [0.29, 0.717) is 11.4 Å². The average molecular weight is 319 g/mol. The Bertz CT molecular complexity index is 888. The number of hydrogen-bond acceptors (Lipinski definition) is 5. The van der Waals surface area contributed by atoms with E-state index in [1.807, 2.05) is 23.6 Å². The van der Waals surface area contributed by atoms with Crippen LogP contribution >= 0.6 is 11.3 Å². The van der Waals surface area contributed by atoms with Crippen molar-refractivity contribution in [1.29, 1.82) is 0 Å². The van der Waals surface area contributed by atoms with E-state index >= 15 is 0 Å². The van der Waals surface area contributed by atoms with Gasteiger partial charge in [-0.25, -0.2) is 4.98 Å². The van der Waals surface area contributed by atoms with Gasteiger partial charge in [0.05, 0.1) is 5.69 Å². The van der Waals surface area contributed by atoms with Gasteiger partial charge in [-0.15, -0.1) is 11.3 Å². The van der Waals surface area contributed by atoms with Gasteiger partial charge in [-0.05, 0) is 47.2 Å².